The van der Waals surface area contributed by atoms with Gasteiger partial charge in [-0.2, -0.15) is 0 Å². The van der Waals surface area contributed by atoms with Crippen molar-refractivity contribution in [3.05, 3.63) is 59.3 Å². The van der Waals surface area contributed by atoms with Crippen LogP contribution in [-0.4, -0.2) is 282 Å². The zero-order valence-corrected chi connectivity index (χ0v) is 59.4. The summed E-state index contributed by atoms with van der Waals surface area (Å²) in [7, 11) is -5.82. The summed E-state index contributed by atoms with van der Waals surface area (Å²) in [6.45, 7) is 16.9. The fourth-order valence-electron chi connectivity index (χ4n) is 11.7. The van der Waals surface area contributed by atoms with Gasteiger partial charge in [-0.05, 0) is 91.9 Å². The molecule has 5 fully saturated rings. The first-order chi connectivity index (χ1) is 47.5. The summed E-state index contributed by atoms with van der Waals surface area (Å²) in [6.07, 6.45) is -33.7. The minimum Gasteiger partial charge on any atom is -0.479 e. The van der Waals surface area contributed by atoms with Crippen molar-refractivity contribution >= 4 is 43.5 Å². The summed E-state index contributed by atoms with van der Waals surface area (Å²) < 4.78 is 88.3. The first kappa shape index (κ1) is 87.3. The van der Waals surface area contributed by atoms with Gasteiger partial charge in [-0.1, -0.05) is 73.1 Å². The molecule has 20 N–H and O–H groups in total. The average molecular weight is 1490 g/mol. The van der Waals surface area contributed by atoms with Gasteiger partial charge in [0.05, 0.1) is 32.5 Å². The molecule has 5 amide bonds. The maximum Gasteiger partial charge on any atom is 0.474 e. The Morgan fingerprint density at radius 3 is 1.80 bits per heavy atom. The highest BCUT2D eigenvalue weighted by molar-refractivity contribution is 7.47. The molecule has 0 aromatic heterocycles. The second-order valence-corrected chi connectivity index (χ2v) is 28.4. The summed E-state index contributed by atoms with van der Waals surface area (Å²) >= 11 is 0. The van der Waals surface area contributed by atoms with Crippen molar-refractivity contribution in [3.8, 4) is 0 Å². The number of carboxylic acids is 1. The number of carbonyl (C=O) groups is 6. The molecule has 0 spiro atoms. The van der Waals surface area contributed by atoms with Gasteiger partial charge < -0.3 is 141 Å². The van der Waals surface area contributed by atoms with Gasteiger partial charge in [-0.15, -0.1) is 0 Å². The van der Waals surface area contributed by atoms with Crippen LogP contribution in [0.15, 0.2) is 59.3 Å². The third-order valence-electron chi connectivity index (χ3n) is 17.5. The third-order valence-corrected chi connectivity index (χ3v) is 18.5. The van der Waals surface area contributed by atoms with Gasteiger partial charge >= 0.3 is 19.9 Å². The Morgan fingerprint density at radius 2 is 1.23 bits per heavy atom. The fourth-order valence-corrected chi connectivity index (χ4v) is 12.5. The second-order valence-electron chi connectivity index (χ2n) is 27.0. The van der Waals surface area contributed by atoms with E-state index < -0.39 is 222 Å². The van der Waals surface area contributed by atoms with E-state index in [4.69, 9.17) is 78.4 Å². The van der Waals surface area contributed by atoms with E-state index in [0.29, 0.717) is 12.8 Å². The van der Waals surface area contributed by atoms with Crippen LogP contribution >= 0.6 is 7.82 Å². The van der Waals surface area contributed by atoms with E-state index in [0.717, 1.165) is 64.0 Å². The molecule has 27 unspecified atom stereocenters. The molecule has 5 rings (SSSR count). The van der Waals surface area contributed by atoms with Crippen molar-refractivity contribution in [1.29, 1.82) is 0 Å². The van der Waals surface area contributed by atoms with Crippen molar-refractivity contribution in [2.75, 3.05) is 26.4 Å². The molecule has 582 valence electrons. The Labute approximate surface area is 589 Å². The summed E-state index contributed by atoms with van der Waals surface area (Å²) in [5.41, 5.74) is 17.9. The number of rotatable bonds is 36. The summed E-state index contributed by atoms with van der Waals surface area (Å²) in [5, 5.41) is 125. The van der Waals surface area contributed by atoms with Crippen LogP contribution in [0.25, 0.3) is 0 Å². The SMILES string of the molecule is C=C(CC=C(C)CCC=C(C)C)CCC(C)(C)C=CCCC(C)=CCOC(COP(=O)(O)OC1OC(C(N)=O)C(C)(O)C(OC(N)=O)C1OC1OC(COC2OC(CO)C(O)C(O)C2O)C(OC2OC(C)C(OC3OC(C(N)=O)C(O)C(O)C3O)C(O)C2NC(C)=O)C(O)C1NC(C)=O)C(=O)O. The number of carbonyl (C=O) groups excluding carboxylic acids is 5. The van der Waals surface area contributed by atoms with Gasteiger partial charge in [0.25, 0.3) is 0 Å². The molecule has 5 heterocycles. The van der Waals surface area contributed by atoms with Crippen LogP contribution in [0.4, 0.5) is 4.79 Å². The van der Waals surface area contributed by atoms with Crippen molar-refractivity contribution in [2.45, 2.75) is 273 Å². The number of aliphatic hydroxyl groups is 10. The average Bonchev–Trinajstić information content (AvgIpc) is 0.750. The lowest BCUT2D eigenvalue weighted by molar-refractivity contribution is -0.375. The number of aliphatic hydroxyl groups excluding tert-OH is 9. The molecule has 0 radical (unpaired) electrons. The number of phosphoric ester groups is 1. The van der Waals surface area contributed by atoms with Gasteiger partial charge in [-0.25, -0.2) is 14.2 Å². The number of carboxylic acid groups (broad SMARTS) is 1. The predicted octanol–water partition coefficient (Wildman–Crippen LogP) is -2.79. The van der Waals surface area contributed by atoms with Gasteiger partial charge in [0.1, 0.15) is 90.9 Å². The standard InChI is InChI=1S/C64H104N5O32P/c1-28(2)15-14-17-29(3)18-19-31(5)20-23-63(9,10)22-13-12-16-30(4)21-24-89-37(56(83)84)27-91-102(87,88)101-61-51(52(100-62(67)85)64(11,86)53(99-61)55(66)82)98-58-39(69-34(8)72)42(75)49(36(94-58)26-90-59-46(79)43(76)40(73)35(25-70)93-59)96-57-38(68-33(7)71)41(74)48(32(6)92-57)95-60-47(80)44(77)45(78)50(97-60)54(65)81/h13,15,18,21-22,32,35-53,57-61,70,73-80,86H,5,12,14,16-17,19-20,23-27H2,1-4,6-11H3,(H2,65,81)(H2,66,82)(H2,67,85)(H,68,71)(H,69,72)(H,83,84)(H,87,88). The third kappa shape index (κ3) is 24.6. The smallest absolute Gasteiger partial charge is 0.474 e. The van der Waals surface area contributed by atoms with E-state index in [9.17, 15) is 94.4 Å². The Morgan fingerprint density at radius 1 is 0.667 bits per heavy atom. The first-order valence-electron chi connectivity index (χ1n) is 33.0. The number of ether oxygens (including phenoxy) is 11. The molecular weight excluding hydrogens is 1380 g/mol. The van der Waals surface area contributed by atoms with Crippen molar-refractivity contribution in [3.63, 3.8) is 0 Å². The van der Waals surface area contributed by atoms with E-state index in [1.54, 1.807) is 13.0 Å². The monoisotopic (exact) mass is 1490 g/mol. The first-order valence-corrected chi connectivity index (χ1v) is 34.5. The van der Waals surface area contributed by atoms with Gasteiger partial charge in [0, 0.05) is 13.8 Å². The van der Waals surface area contributed by atoms with Gasteiger partial charge in [0.2, 0.25) is 23.6 Å². The van der Waals surface area contributed by atoms with E-state index in [-0.39, 0.29) is 12.0 Å². The molecule has 5 aliphatic heterocycles. The molecule has 5 aliphatic rings. The van der Waals surface area contributed by atoms with Crippen LogP contribution in [0.5, 0.6) is 0 Å². The van der Waals surface area contributed by atoms with Crippen LogP contribution in [0, 0.1) is 5.41 Å². The highest BCUT2D eigenvalue weighted by Crippen LogP contribution is 2.49. The Bertz CT molecular complexity index is 3000. The maximum atomic E-state index is 14.1. The highest BCUT2D eigenvalue weighted by atomic mass is 31.2. The lowest BCUT2D eigenvalue weighted by Gasteiger charge is -2.52. The summed E-state index contributed by atoms with van der Waals surface area (Å²) in [5.74, 6) is -6.40. The number of primary amides is 3. The zero-order chi connectivity index (χ0) is 76.6. The maximum absolute atomic E-state index is 14.1. The molecule has 0 aliphatic carbocycles. The van der Waals surface area contributed by atoms with E-state index in [2.05, 4.69) is 70.1 Å². The lowest BCUT2D eigenvalue weighted by atomic mass is 9.85. The summed E-state index contributed by atoms with van der Waals surface area (Å²) in [4.78, 5) is 87.8. The summed E-state index contributed by atoms with van der Waals surface area (Å²) in [6, 6.07) is -3.90. The molecule has 0 aromatic carbocycles. The minimum absolute atomic E-state index is 0.138. The molecule has 0 bridgehead atoms. The number of aliphatic carboxylic acids is 1. The van der Waals surface area contributed by atoms with Gasteiger partial charge in [-0.3, -0.25) is 28.2 Å². The highest BCUT2D eigenvalue weighted by Gasteiger charge is 2.62. The van der Waals surface area contributed by atoms with Crippen molar-refractivity contribution in [2.24, 2.45) is 22.6 Å². The lowest BCUT2D eigenvalue weighted by Crippen LogP contribution is -2.72. The van der Waals surface area contributed by atoms with Crippen molar-refractivity contribution < 1.29 is 156 Å². The van der Waals surface area contributed by atoms with E-state index in [1.807, 2.05) is 6.08 Å². The van der Waals surface area contributed by atoms with E-state index in [1.165, 1.54) is 18.1 Å². The number of nitrogens with one attached hydrogen (secondary N) is 2. The molecule has 37 nitrogen and oxygen atoms in total. The molecule has 102 heavy (non-hydrogen) atoms. The second kappa shape index (κ2) is 38.8. The predicted molar refractivity (Wildman–Crippen MR) is 349 cm³/mol. The number of amides is 5. The zero-order valence-electron chi connectivity index (χ0n) is 58.5. The Balaban J connectivity index is 1.41. The van der Waals surface area contributed by atoms with E-state index >= 15 is 0 Å². The molecule has 0 aromatic rings. The number of allylic oxidation sites excluding steroid dienone is 8. The Hall–Kier alpha value is -5.37. The van der Waals surface area contributed by atoms with Crippen molar-refractivity contribution in [1.82, 2.24) is 10.6 Å². The molecule has 38 heteroatoms. The number of hydrogen-bond donors (Lipinski definition) is 17. The molecule has 5 saturated heterocycles. The fraction of sp³-hybridized carbons (Fsp3) is 0.750. The molecule has 27 atom stereocenters. The topological polar surface area (TPSA) is 584 Å². The Kier molecular flexibility index (Phi) is 33.2. The number of nitrogens with two attached hydrogens (primary N) is 3. The van der Waals surface area contributed by atoms with Crippen LogP contribution in [-0.2, 0) is 89.7 Å². The van der Waals surface area contributed by atoms with Crippen LogP contribution in [0.3, 0.4) is 0 Å². The normalized spacial score (nSPS) is 36.4. The molecule has 0 saturated carbocycles. The number of hydrogen-bond acceptors (Lipinski definition) is 30. The number of phosphoric acid groups is 1. The quantitative estimate of drug-likeness (QED) is 0.0223. The van der Waals surface area contributed by atoms with Crippen LogP contribution in [0.1, 0.15) is 114 Å². The van der Waals surface area contributed by atoms with Gasteiger partial charge in [0.15, 0.2) is 62.0 Å². The van der Waals surface area contributed by atoms with Crippen LogP contribution < -0.4 is 27.8 Å². The largest absolute Gasteiger partial charge is 0.479 e. The molecular formula is C64H104N5O32P. The minimum atomic E-state index is -5.82. The van der Waals surface area contributed by atoms with Crippen LogP contribution in [0.2, 0.25) is 0 Å².